The molecule has 0 aliphatic rings. The van der Waals surface area contributed by atoms with Gasteiger partial charge in [-0.3, -0.25) is 0 Å². The SMILES string of the molecule is Cc1cc(C(C)(C)c2ccc(OCC(O)CCl)c(C)c2)ccc1OCC(O)CO. The van der Waals surface area contributed by atoms with E-state index in [4.69, 9.17) is 26.2 Å². The minimum Gasteiger partial charge on any atom is -0.491 e. The highest BCUT2D eigenvalue weighted by molar-refractivity contribution is 6.18. The molecule has 3 N–H and O–H groups in total. The van der Waals surface area contributed by atoms with Gasteiger partial charge in [-0.15, -0.1) is 11.6 Å². The van der Waals surface area contributed by atoms with Crippen molar-refractivity contribution in [2.75, 3.05) is 25.7 Å². The molecule has 0 fully saturated rings. The van der Waals surface area contributed by atoms with Crippen molar-refractivity contribution >= 4 is 11.6 Å². The minimum atomic E-state index is -0.889. The van der Waals surface area contributed by atoms with Gasteiger partial charge in [-0.25, -0.2) is 0 Å². The fourth-order valence-corrected chi connectivity index (χ4v) is 3.13. The van der Waals surface area contributed by atoms with Crippen molar-refractivity contribution < 1.29 is 24.8 Å². The Bertz CT molecular complexity index is 740. The van der Waals surface area contributed by atoms with Crippen LogP contribution in [0, 0.1) is 13.8 Å². The van der Waals surface area contributed by atoms with E-state index in [0.29, 0.717) is 5.75 Å². The predicted molar refractivity (Wildman–Crippen MR) is 115 cm³/mol. The fraction of sp³-hybridized carbons (Fsp3) is 0.478. The highest BCUT2D eigenvalue weighted by Crippen LogP contribution is 2.36. The van der Waals surface area contributed by atoms with Crippen LogP contribution in [-0.4, -0.2) is 53.2 Å². The summed E-state index contributed by atoms with van der Waals surface area (Å²) in [6, 6.07) is 12.1. The number of ether oxygens (including phenoxy) is 2. The number of rotatable bonds is 10. The first-order valence-electron chi connectivity index (χ1n) is 9.69. The smallest absolute Gasteiger partial charge is 0.122 e. The van der Waals surface area contributed by atoms with Crippen molar-refractivity contribution in [3.8, 4) is 11.5 Å². The Kier molecular flexibility index (Phi) is 8.34. The second kappa shape index (κ2) is 10.3. The Morgan fingerprint density at radius 3 is 1.69 bits per heavy atom. The molecule has 0 aliphatic carbocycles. The molecule has 2 aromatic carbocycles. The quantitative estimate of drug-likeness (QED) is 0.512. The summed E-state index contributed by atoms with van der Waals surface area (Å²) in [5.74, 6) is 1.56. The van der Waals surface area contributed by atoms with E-state index in [1.165, 1.54) is 0 Å². The van der Waals surface area contributed by atoms with Crippen LogP contribution in [0.3, 0.4) is 0 Å². The number of halogens is 1. The Hall–Kier alpha value is -1.79. The summed E-state index contributed by atoms with van der Waals surface area (Å²) >= 11 is 5.61. The van der Waals surface area contributed by atoms with E-state index < -0.39 is 12.2 Å². The molecule has 0 bridgehead atoms. The molecule has 2 aromatic rings. The van der Waals surface area contributed by atoms with E-state index in [2.05, 4.69) is 26.0 Å². The van der Waals surface area contributed by atoms with Crippen LogP contribution < -0.4 is 9.47 Å². The first-order chi connectivity index (χ1) is 13.7. The van der Waals surface area contributed by atoms with Gasteiger partial charge in [0.1, 0.15) is 36.9 Å². The third kappa shape index (κ3) is 6.09. The molecule has 0 radical (unpaired) electrons. The van der Waals surface area contributed by atoms with Gasteiger partial charge in [0.25, 0.3) is 0 Å². The summed E-state index contributed by atoms with van der Waals surface area (Å²) in [5.41, 5.74) is 3.99. The van der Waals surface area contributed by atoms with Gasteiger partial charge in [0.2, 0.25) is 0 Å². The molecular weight excluding hydrogens is 392 g/mol. The second-order valence-corrected chi connectivity index (χ2v) is 8.16. The topological polar surface area (TPSA) is 79.2 Å². The number of alkyl halides is 1. The van der Waals surface area contributed by atoms with Gasteiger partial charge >= 0.3 is 0 Å². The Labute approximate surface area is 177 Å². The Morgan fingerprint density at radius 1 is 0.862 bits per heavy atom. The maximum atomic E-state index is 9.58. The van der Waals surface area contributed by atoms with E-state index in [0.717, 1.165) is 28.0 Å². The molecule has 0 saturated carbocycles. The average molecular weight is 423 g/mol. The van der Waals surface area contributed by atoms with Crippen LogP contribution in [0.5, 0.6) is 11.5 Å². The predicted octanol–water partition coefficient (Wildman–Crippen LogP) is 3.34. The van der Waals surface area contributed by atoms with E-state index in [-0.39, 0.29) is 31.1 Å². The van der Waals surface area contributed by atoms with Crippen LogP contribution in [0.1, 0.15) is 36.1 Å². The Morgan fingerprint density at radius 2 is 1.31 bits per heavy atom. The molecule has 0 saturated heterocycles. The fourth-order valence-electron chi connectivity index (χ4n) is 3.04. The van der Waals surface area contributed by atoms with Crippen LogP contribution in [-0.2, 0) is 5.41 Å². The largest absolute Gasteiger partial charge is 0.491 e. The standard InChI is InChI=1S/C23H31ClO5/c1-15-9-17(5-7-21(15)28-13-19(26)11-24)23(3,4)18-6-8-22(16(2)10-18)29-14-20(27)12-25/h5-10,19-20,25-27H,11-14H2,1-4H3. The lowest BCUT2D eigenvalue weighted by Crippen LogP contribution is -2.22. The highest BCUT2D eigenvalue weighted by atomic mass is 35.5. The summed E-state index contributed by atoms with van der Waals surface area (Å²) < 4.78 is 11.3. The summed E-state index contributed by atoms with van der Waals surface area (Å²) in [7, 11) is 0. The lowest BCUT2D eigenvalue weighted by atomic mass is 9.77. The zero-order valence-electron chi connectivity index (χ0n) is 17.5. The van der Waals surface area contributed by atoms with E-state index in [1.54, 1.807) is 0 Å². The second-order valence-electron chi connectivity index (χ2n) is 7.85. The normalized spacial score (nSPS) is 13.8. The maximum Gasteiger partial charge on any atom is 0.122 e. The molecule has 2 unspecified atom stereocenters. The summed E-state index contributed by atoms with van der Waals surface area (Å²) in [6.45, 7) is 8.15. The maximum absolute atomic E-state index is 9.58. The minimum absolute atomic E-state index is 0.0547. The van der Waals surface area contributed by atoms with Gasteiger partial charge in [-0.2, -0.15) is 0 Å². The molecule has 2 atom stereocenters. The first kappa shape index (κ1) is 23.5. The summed E-state index contributed by atoms with van der Waals surface area (Å²) in [5, 5.41) is 28.0. The van der Waals surface area contributed by atoms with Crippen LogP contribution in [0.2, 0.25) is 0 Å². The molecule has 5 nitrogen and oxygen atoms in total. The average Bonchev–Trinajstić information content (AvgIpc) is 2.71. The zero-order valence-corrected chi connectivity index (χ0v) is 18.2. The molecule has 160 valence electrons. The van der Waals surface area contributed by atoms with Gasteiger partial charge < -0.3 is 24.8 Å². The zero-order chi connectivity index (χ0) is 21.6. The van der Waals surface area contributed by atoms with Crippen molar-refractivity contribution in [2.45, 2.75) is 45.3 Å². The molecule has 6 heteroatoms. The summed E-state index contributed by atoms with van der Waals surface area (Å²) in [6.07, 6.45) is -1.57. The van der Waals surface area contributed by atoms with Crippen molar-refractivity contribution in [3.05, 3.63) is 58.7 Å². The highest BCUT2D eigenvalue weighted by Gasteiger charge is 2.24. The van der Waals surface area contributed by atoms with Crippen molar-refractivity contribution in [1.29, 1.82) is 0 Å². The molecular formula is C23H31ClO5. The number of aryl methyl sites for hydroxylation is 2. The molecule has 2 rings (SSSR count). The van der Waals surface area contributed by atoms with Gasteiger partial charge in [0.15, 0.2) is 0 Å². The Balaban J connectivity index is 2.19. The number of hydrogen-bond acceptors (Lipinski definition) is 5. The molecule has 0 amide bonds. The number of hydrogen-bond donors (Lipinski definition) is 3. The van der Waals surface area contributed by atoms with Gasteiger partial charge in [-0.1, -0.05) is 38.1 Å². The van der Waals surface area contributed by atoms with E-state index >= 15 is 0 Å². The molecule has 0 aliphatic heterocycles. The monoisotopic (exact) mass is 422 g/mol. The molecule has 29 heavy (non-hydrogen) atoms. The molecule has 0 heterocycles. The lowest BCUT2D eigenvalue weighted by Gasteiger charge is -2.28. The summed E-state index contributed by atoms with van der Waals surface area (Å²) in [4.78, 5) is 0. The van der Waals surface area contributed by atoms with E-state index in [1.807, 2.05) is 38.1 Å². The van der Waals surface area contributed by atoms with Crippen LogP contribution >= 0.6 is 11.6 Å². The van der Waals surface area contributed by atoms with Gasteiger partial charge in [0, 0.05) is 5.41 Å². The van der Waals surface area contributed by atoms with Crippen molar-refractivity contribution in [2.24, 2.45) is 0 Å². The number of aliphatic hydroxyl groups excluding tert-OH is 3. The molecule has 0 spiro atoms. The number of aliphatic hydroxyl groups is 3. The first-order valence-corrected chi connectivity index (χ1v) is 10.2. The lowest BCUT2D eigenvalue weighted by molar-refractivity contribution is 0.0534. The number of benzene rings is 2. The van der Waals surface area contributed by atoms with Gasteiger partial charge in [-0.05, 0) is 48.2 Å². The van der Waals surface area contributed by atoms with E-state index in [9.17, 15) is 10.2 Å². The van der Waals surface area contributed by atoms with Crippen molar-refractivity contribution in [1.82, 2.24) is 0 Å². The van der Waals surface area contributed by atoms with Gasteiger partial charge in [0.05, 0.1) is 12.5 Å². The van der Waals surface area contributed by atoms with Crippen LogP contribution in [0.15, 0.2) is 36.4 Å². The molecule has 0 aromatic heterocycles. The third-order valence-electron chi connectivity index (χ3n) is 5.04. The van der Waals surface area contributed by atoms with Crippen LogP contribution in [0.25, 0.3) is 0 Å². The third-order valence-corrected chi connectivity index (χ3v) is 5.40. The van der Waals surface area contributed by atoms with Crippen molar-refractivity contribution in [3.63, 3.8) is 0 Å². The van der Waals surface area contributed by atoms with Crippen LogP contribution in [0.4, 0.5) is 0 Å².